The first-order valence-electron chi connectivity index (χ1n) is 12.8. The second-order valence-electron chi connectivity index (χ2n) is 10.8. The molecule has 3 N–H and O–H groups in total. The van der Waals surface area contributed by atoms with E-state index >= 15 is 0 Å². The lowest BCUT2D eigenvalue weighted by Crippen LogP contribution is -2.57. The van der Waals surface area contributed by atoms with Crippen molar-refractivity contribution in [1.29, 1.82) is 0 Å². The summed E-state index contributed by atoms with van der Waals surface area (Å²) in [6, 6.07) is -0.0946. The molecule has 200 valence electrons. The summed E-state index contributed by atoms with van der Waals surface area (Å²) in [6.07, 6.45) is 5.99. The first-order chi connectivity index (χ1) is 17.5. The van der Waals surface area contributed by atoms with E-state index in [0.29, 0.717) is 43.9 Å². The number of carbonyl (C=O) groups excluding carboxylic acids is 2. The Morgan fingerprint density at radius 1 is 1.24 bits per heavy atom. The molecular formula is C25H33F2N6O4+. The Labute approximate surface area is 212 Å². The highest BCUT2D eigenvalue weighted by Gasteiger charge is 2.48. The maximum atomic E-state index is 13.2. The zero-order valence-corrected chi connectivity index (χ0v) is 21.0. The fourth-order valence-electron chi connectivity index (χ4n) is 5.07. The summed E-state index contributed by atoms with van der Waals surface area (Å²) >= 11 is 0. The van der Waals surface area contributed by atoms with Crippen molar-refractivity contribution in [2.45, 2.75) is 64.1 Å². The van der Waals surface area contributed by atoms with E-state index < -0.39 is 23.3 Å². The molecule has 2 aromatic rings. The number of carbonyl (C=O) groups is 2. The number of aromatic hydroxyl groups is 1. The molecule has 0 radical (unpaired) electrons. The van der Waals surface area contributed by atoms with E-state index in [4.69, 9.17) is 0 Å². The van der Waals surface area contributed by atoms with E-state index in [1.54, 1.807) is 17.2 Å². The Kier molecular flexibility index (Phi) is 6.55. The third-order valence-electron chi connectivity index (χ3n) is 7.27. The van der Waals surface area contributed by atoms with E-state index in [1.807, 2.05) is 18.7 Å². The third kappa shape index (κ3) is 5.11. The van der Waals surface area contributed by atoms with Crippen LogP contribution in [0.4, 0.5) is 8.78 Å². The Morgan fingerprint density at radius 3 is 2.51 bits per heavy atom. The number of halogens is 2. The lowest BCUT2D eigenvalue weighted by atomic mass is 9.86. The summed E-state index contributed by atoms with van der Waals surface area (Å²) < 4.78 is 29.1. The number of hydrogen-bond acceptors (Lipinski definition) is 5. The molecule has 0 aromatic carbocycles. The lowest BCUT2D eigenvalue weighted by Gasteiger charge is -2.46. The number of hydrogen-bond donors (Lipinski definition) is 3. The Bertz CT molecular complexity index is 1300. The monoisotopic (exact) mass is 519 g/mol. The van der Waals surface area contributed by atoms with Crippen LogP contribution in [-0.4, -0.2) is 80.5 Å². The summed E-state index contributed by atoms with van der Waals surface area (Å²) in [6.45, 7) is 6.25. The molecule has 0 spiro atoms. The highest BCUT2D eigenvalue weighted by Crippen LogP contribution is 2.40. The van der Waals surface area contributed by atoms with Crippen LogP contribution in [-0.2, 0) is 11.3 Å². The maximum Gasteiger partial charge on any atom is 0.378 e. The zero-order valence-electron chi connectivity index (χ0n) is 21.0. The van der Waals surface area contributed by atoms with Gasteiger partial charge >= 0.3 is 17.1 Å². The average Bonchev–Trinajstić information content (AvgIpc) is 3.53. The number of nitrogens with one attached hydrogen (secondary N) is 2. The fraction of sp³-hybridized carbons (Fsp3) is 0.600. The number of fused-ring (bicyclic) bond motifs is 1. The Hall–Kier alpha value is -3.28. The van der Waals surface area contributed by atoms with Crippen LogP contribution in [0.5, 0.6) is 5.88 Å². The first kappa shape index (κ1) is 25.4. The zero-order chi connectivity index (χ0) is 26.5. The van der Waals surface area contributed by atoms with Gasteiger partial charge in [-0.2, -0.15) is 4.57 Å². The van der Waals surface area contributed by atoms with Crippen LogP contribution in [0.1, 0.15) is 55.5 Å². The number of nitrogens with zero attached hydrogens (tertiary/aromatic N) is 4. The number of H-pyrrole nitrogens is 1. The molecule has 1 aliphatic heterocycles. The molecule has 0 bridgehead atoms. The Balaban J connectivity index is 1.36. The highest BCUT2D eigenvalue weighted by atomic mass is 19.3. The van der Waals surface area contributed by atoms with Gasteiger partial charge in [0.2, 0.25) is 11.5 Å². The summed E-state index contributed by atoms with van der Waals surface area (Å²) in [5.41, 5.74) is -0.139. The normalized spacial score (nSPS) is 20.6. The maximum absolute atomic E-state index is 13.2. The van der Waals surface area contributed by atoms with Gasteiger partial charge < -0.3 is 15.3 Å². The molecule has 3 heterocycles. The minimum atomic E-state index is -2.57. The van der Waals surface area contributed by atoms with Crippen LogP contribution in [0.2, 0.25) is 0 Å². The highest BCUT2D eigenvalue weighted by molar-refractivity contribution is 5.96. The van der Waals surface area contributed by atoms with Gasteiger partial charge in [-0.3, -0.25) is 14.5 Å². The molecule has 3 aliphatic rings. The standard InChI is InChI=1S/C25H32F2N6O4/c1-15(2)14-32-22-16(13-28-33(22)24(37)20(23(32)36)21(35)29-17-4-5-17)3-6-19(34)31-9-7-30(8-10-31)18-11-25(26,27)12-18/h3,6,13,15,17-18H,4-5,7-12,14H2,1-2H3,(H2,29,35,36,37)/p+1/b6-3+. The van der Waals surface area contributed by atoms with Crippen molar-refractivity contribution in [2.75, 3.05) is 26.2 Å². The SMILES string of the molecule is CC(C)C[n+]1c(O)c(C(=O)NC2CC2)c(=O)n2[nH]cc(/C=C/C(=O)N3CCN(C4CC(F)(F)C4)CC3)c21. The van der Waals surface area contributed by atoms with Crippen molar-refractivity contribution >= 4 is 23.5 Å². The van der Waals surface area contributed by atoms with Gasteiger partial charge in [-0.25, -0.2) is 18.7 Å². The number of aromatic nitrogens is 3. The third-order valence-corrected chi connectivity index (χ3v) is 7.27. The molecule has 0 atom stereocenters. The minimum Gasteiger partial charge on any atom is -0.477 e. The summed E-state index contributed by atoms with van der Waals surface area (Å²) in [5, 5.41) is 16.6. The van der Waals surface area contributed by atoms with Gasteiger partial charge in [-0.05, 0) is 24.8 Å². The average molecular weight is 520 g/mol. The molecule has 2 amide bonds. The van der Waals surface area contributed by atoms with Crippen molar-refractivity contribution in [1.82, 2.24) is 24.7 Å². The van der Waals surface area contributed by atoms with E-state index in [2.05, 4.69) is 10.4 Å². The summed E-state index contributed by atoms with van der Waals surface area (Å²) in [5.74, 6) is -3.71. The van der Waals surface area contributed by atoms with Crippen LogP contribution in [0.3, 0.4) is 0 Å². The van der Waals surface area contributed by atoms with Gasteiger partial charge in [0, 0.05) is 57.2 Å². The van der Waals surface area contributed by atoms with Crippen molar-refractivity contribution in [2.24, 2.45) is 5.92 Å². The summed E-state index contributed by atoms with van der Waals surface area (Å²) in [7, 11) is 0. The van der Waals surface area contributed by atoms with Crippen LogP contribution < -0.4 is 15.4 Å². The lowest BCUT2D eigenvalue weighted by molar-refractivity contribution is -0.686. The molecule has 10 nitrogen and oxygen atoms in total. The second kappa shape index (κ2) is 9.55. The van der Waals surface area contributed by atoms with Gasteiger partial charge in [0.1, 0.15) is 0 Å². The van der Waals surface area contributed by atoms with Gasteiger partial charge in [-0.15, -0.1) is 0 Å². The molecule has 12 heteroatoms. The first-order valence-corrected chi connectivity index (χ1v) is 12.8. The quantitative estimate of drug-likeness (QED) is 0.375. The Morgan fingerprint density at radius 2 is 1.92 bits per heavy atom. The molecule has 2 saturated carbocycles. The smallest absolute Gasteiger partial charge is 0.378 e. The predicted octanol–water partition coefficient (Wildman–Crippen LogP) is 1.12. The number of piperazine rings is 1. The molecule has 37 heavy (non-hydrogen) atoms. The molecular weight excluding hydrogens is 486 g/mol. The van der Waals surface area contributed by atoms with E-state index in [1.165, 1.54) is 15.2 Å². The number of amides is 2. The molecule has 2 aromatic heterocycles. The molecule has 2 aliphatic carbocycles. The van der Waals surface area contributed by atoms with E-state index in [0.717, 1.165) is 12.8 Å². The van der Waals surface area contributed by atoms with E-state index in [-0.39, 0.29) is 42.3 Å². The van der Waals surface area contributed by atoms with Gasteiger partial charge in [0.15, 0.2) is 0 Å². The van der Waals surface area contributed by atoms with Crippen LogP contribution in [0.25, 0.3) is 11.7 Å². The minimum absolute atomic E-state index is 0.0234. The second-order valence-corrected chi connectivity index (χ2v) is 10.8. The number of alkyl halides is 2. The van der Waals surface area contributed by atoms with Gasteiger partial charge in [0.05, 0.1) is 18.3 Å². The molecule has 5 rings (SSSR count). The predicted molar refractivity (Wildman–Crippen MR) is 130 cm³/mol. The molecule has 1 saturated heterocycles. The van der Waals surface area contributed by atoms with Crippen molar-refractivity contribution in [3.8, 4) is 5.88 Å². The van der Waals surface area contributed by atoms with Gasteiger partial charge in [-0.1, -0.05) is 18.4 Å². The molecule has 3 fully saturated rings. The van der Waals surface area contributed by atoms with Crippen molar-refractivity contribution in [3.63, 3.8) is 0 Å². The van der Waals surface area contributed by atoms with Crippen LogP contribution in [0.15, 0.2) is 17.1 Å². The largest absolute Gasteiger partial charge is 0.477 e. The van der Waals surface area contributed by atoms with Crippen LogP contribution in [0, 0.1) is 5.92 Å². The van der Waals surface area contributed by atoms with Crippen molar-refractivity contribution < 1.29 is 28.0 Å². The molecule has 0 unspecified atom stereocenters. The van der Waals surface area contributed by atoms with Crippen LogP contribution >= 0.6 is 0 Å². The fourth-order valence-corrected chi connectivity index (χ4v) is 5.07. The topological polar surface area (TPSA) is 114 Å². The number of rotatable bonds is 7. The van der Waals surface area contributed by atoms with Gasteiger partial charge in [0.25, 0.3) is 11.8 Å². The van der Waals surface area contributed by atoms with E-state index in [9.17, 15) is 28.3 Å². The summed E-state index contributed by atoms with van der Waals surface area (Å²) in [4.78, 5) is 42.4. The van der Waals surface area contributed by atoms with Crippen molar-refractivity contribution in [3.05, 3.63) is 33.8 Å². The number of aromatic amines is 1.